The molecule has 1 saturated carbocycles. The fourth-order valence-corrected chi connectivity index (χ4v) is 3.19. The lowest BCUT2D eigenvalue weighted by Gasteiger charge is -2.39. The Morgan fingerprint density at radius 3 is 2.42 bits per heavy atom. The summed E-state index contributed by atoms with van der Waals surface area (Å²) in [7, 11) is 0. The SMILES string of the molecule is CCC(C)C1NC(=O)CN(C2CCCCCC2)C1=O. The van der Waals surface area contributed by atoms with E-state index in [1.165, 1.54) is 25.7 Å². The van der Waals surface area contributed by atoms with E-state index in [1.807, 2.05) is 11.8 Å². The van der Waals surface area contributed by atoms with Crippen LogP contribution in [0.15, 0.2) is 0 Å². The van der Waals surface area contributed by atoms with Crippen LogP contribution in [0, 0.1) is 5.92 Å². The second kappa shape index (κ2) is 6.40. The minimum absolute atomic E-state index is 0.00847. The van der Waals surface area contributed by atoms with Crippen LogP contribution in [-0.2, 0) is 9.59 Å². The monoisotopic (exact) mass is 266 g/mol. The van der Waals surface area contributed by atoms with E-state index in [2.05, 4.69) is 12.2 Å². The van der Waals surface area contributed by atoms with Crippen molar-refractivity contribution >= 4 is 11.8 Å². The number of hydrogen-bond donors (Lipinski definition) is 1. The second-order valence-electron chi connectivity index (χ2n) is 6.04. The number of piperazine rings is 1. The third kappa shape index (κ3) is 3.28. The van der Waals surface area contributed by atoms with Gasteiger partial charge in [0.15, 0.2) is 0 Å². The summed E-state index contributed by atoms with van der Waals surface area (Å²) >= 11 is 0. The molecule has 0 spiro atoms. The van der Waals surface area contributed by atoms with Gasteiger partial charge in [-0.2, -0.15) is 0 Å². The summed E-state index contributed by atoms with van der Waals surface area (Å²) in [5.74, 6) is 0.361. The largest absolute Gasteiger partial charge is 0.342 e. The van der Waals surface area contributed by atoms with Crippen LogP contribution in [0.2, 0.25) is 0 Å². The Balaban J connectivity index is 2.09. The van der Waals surface area contributed by atoms with Gasteiger partial charge in [0.05, 0.1) is 6.54 Å². The van der Waals surface area contributed by atoms with E-state index in [0.29, 0.717) is 0 Å². The molecule has 2 rings (SSSR count). The van der Waals surface area contributed by atoms with Crippen LogP contribution in [0.1, 0.15) is 58.8 Å². The lowest BCUT2D eigenvalue weighted by Crippen LogP contribution is -2.62. The van der Waals surface area contributed by atoms with E-state index >= 15 is 0 Å². The Hall–Kier alpha value is -1.06. The van der Waals surface area contributed by atoms with Crippen LogP contribution in [0.5, 0.6) is 0 Å². The zero-order chi connectivity index (χ0) is 13.8. The summed E-state index contributed by atoms with van der Waals surface area (Å²) in [4.78, 5) is 26.3. The lowest BCUT2D eigenvalue weighted by molar-refractivity contribution is -0.148. The van der Waals surface area contributed by atoms with Gasteiger partial charge in [-0.3, -0.25) is 9.59 Å². The standard InChI is InChI=1S/C15H26N2O2/c1-3-11(2)14-15(19)17(10-13(18)16-14)12-8-6-4-5-7-9-12/h11-12,14H,3-10H2,1-2H3,(H,16,18). The van der Waals surface area contributed by atoms with Gasteiger partial charge in [0.1, 0.15) is 6.04 Å². The molecule has 108 valence electrons. The van der Waals surface area contributed by atoms with Gasteiger partial charge in [-0.25, -0.2) is 0 Å². The average molecular weight is 266 g/mol. The summed E-state index contributed by atoms with van der Waals surface area (Å²) in [6, 6.07) is -0.0258. The first-order valence-corrected chi connectivity index (χ1v) is 7.73. The van der Waals surface area contributed by atoms with Crippen LogP contribution in [0.25, 0.3) is 0 Å². The number of rotatable bonds is 3. The van der Waals surface area contributed by atoms with E-state index in [4.69, 9.17) is 0 Å². The predicted octanol–water partition coefficient (Wildman–Crippen LogP) is 2.08. The normalized spacial score (nSPS) is 27.9. The van der Waals surface area contributed by atoms with Gasteiger partial charge in [-0.1, -0.05) is 46.0 Å². The Kier molecular flexibility index (Phi) is 4.83. The topological polar surface area (TPSA) is 49.4 Å². The van der Waals surface area contributed by atoms with Crippen molar-refractivity contribution in [3.8, 4) is 0 Å². The first-order valence-electron chi connectivity index (χ1n) is 7.73. The maximum absolute atomic E-state index is 12.6. The van der Waals surface area contributed by atoms with E-state index < -0.39 is 0 Å². The van der Waals surface area contributed by atoms with Gasteiger partial charge in [-0.05, 0) is 18.8 Å². The molecule has 0 aromatic carbocycles. The molecule has 2 unspecified atom stereocenters. The van der Waals surface area contributed by atoms with Crippen LogP contribution in [0.3, 0.4) is 0 Å². The number of carbonyl (C=O) groups excluding carboxylic acids is 2. The van der Waals surface area contributed by atoms with E-state index in [-0.39, 0.29) is 36.4 Å². The first-order chi connectivity index (χ1) is 9.13. The Bertz CT molecular complexity index is 335. The summed E-state index contributed by atoms with van der Waals surface area (Å²) in [6.07, 6.45) is 7.93. The van der Waals surface area contributed by atoms with Crippen molar-refractivity contribution in [2.75, 3.05) is 6.54 Å². The molecule has 19 heavy (non-hydrogen) atoms. The molecule has 4 heteroatoms. The quantitative estimate of drug-likeness (QED) is 0.795. The third-order valence-electron chi connectivity index (χ3n) is 4.66. The number of amides is 2. The second-order valence-corrected chi connectivity index (χ2v) is 6.04. The van der Waals surface area contributed by atoms with Crippen molar-refractivity contribution in [3.63, 3.8) is 0 Å². The zero-order valence-electron chi connectivity index (χ0n) is 12.2. The molecule has 2 atom stereocenters. The molecule has 1 heterocycles. The molecule has 1 N–H and O–H groups in total. The molecule has 4 nitrogen and oxygen atoms in total. The van der Waals surface area contributed by atoms with Gasteiger partial charge in [0.2, 0.25) is 11.8 Å². The number of hydrogen-bond acceptors (Lipinski definition) is 2. The molecule has 2 fully saturated rings. The summed E-state index contributed by atoms with van der Waals surface area (Å²) in [6.45, 7) is 4.37. The van der Waals surface area contributed by atoms with E-state index in [1.54, 1.807) is 0 Å². The van der Waals surface area contributed by atoms with Gasteiger partial charge in [0.25, 0.3) is 0 Å². The smallest absolute Gasteiger partial charge is 0.246 e. The Morgan fingerprint density at radius 1 is 1.21 bits per heavy atom. The first kappa shape index (κ1) is 14.4. The highest BCUT2D eigenvalue weighted by molar-refractivity contribution is 5.95. The third-order valence-corrected chi connectivity index (χ3v) is 4.66. The van der Waals surface area contributed by atoms with E-state index in [9.17, 15) is 9.59 Å². The van der Waals surface area contributed by atoms with Gasteiger partial charge >= 0.3 is 0 Å². The van der Waals surface area contributed by atoms with Crippen molar-refractivity contribution in [2.24, 2.45) is 5.92 Å². The molecular weight excluding hydrogens is 240 g/mol. The lowest BCUT2D eigenvalue weighted by atomic mass is 9.94. The molecule has 0 radical (unpaired) electrons. The number of carbonyl (C=O) groups is 2. The van der Waals surface area contributed by atoms with Gasteiger partial charge in [0, 0.05) is 6.04 Å². The zero-order valence-corrected chi connectivity index (χ0v) is 12.2. The highest BCUT2D eigenvalue weighted by Crippen LogP contribution is 2.25. The van der Waals surface area contributed by atoms with Gasteiger partial charge < -0.3 is 10.2 Å². The highest BCUT2D eigenvalue weighted by Gasteiger charge is 2.38. The average Bonchev–Trinajstić information content (AvgIpc) is 2.69. The molecule has 0 aromatic heterocycles. The maximum atomic E-state index is 12.6. The van der Waals surface area contributed by atoms with Crippen LogP contribution in [0.4, 0.5) is 0 Å². The minimum Gasteiger partial charge on any atom is -0.342 e. The molecule has 2 aliphatic rings. The molecule has 2 amide bonds. The molecule has 1 aliphatic heterocycles. The molecule has 0 bridgehead atoms. The predicted molar refractivity (Wildman–Crippen MR) is 74.6 cm³/mol. The van der Waals surface area contributed by atoms with Crippen LogP contribution < -0.4 is 5.32 Å². The molecular formula is C15H26N2O2. The van der Waals surface area contributed by atoms with Crippen LogP contribution >= 0.6 is 0 Å². The summed E-state index contributed by atoms with van der Waals surface area (Å²) < 4.78 is 0. The Morgan fingerprint density at radius 2 is 1.84 bits per heavy atom. The van der Waals surface area contributed by atoms with Crippen molar-refractivity contribution in [1.29, 1.82) is 0 Å². The van der Waals surface area contributed by atoms with E-state index in [0.717, 1.165) is 19.3 Å². The maximum Gasteiger partial charge on any atom is 0.246 e. The highest BCUT2D eigenvalue weighted by atomic mass is 16.2. The van der Waals surface area contributed by atoms with Crippen molar-refractivity contribution in [3.05, 3.63) is 0 Å². The fourth-order valence-electron chi connectivity index (χ4n) is 3.19. The Labute approximate surface area is 115 Å². The molecule has 1 aliphatic carbocycles. The van der Waals surface area contributed by atoms with Crippen molar-refractivity contribution in [1.82, 2.24) is 10.2 Å². The molecule has 1 saturated heterocycles. The van der Waals surface area contributed by atoms with Gasteiger partial charge in [-0.15, -0.1) is 0 Å². The van der Waals surface area contributed by atoms with Crippen molar-refractivity contribution in [2.45, 2.75) is 70.9 Å². The summed E-state index contributed by atoms with van der Waals surface area (Å²) in [5.41, 5.74) is 0. The van der Waals surface area contributed by atoms with Crippen molar-refractivity contribution < 1.29 is 9.59 Å². The fraction of sp³-hybridized carbons (Fsp3) is 0.867. The molecule has 0 aromatic rings. The van der Waals surface area contributed by atoms with Crippen LogP contribution in [-0.4, -0.2) is 35.3 Å². The number of nitrogens with one attached hydrogen (secondary N) is 1. The summed E-state index contributed by atoms with van der Waals surface area (Å²) in [5, 5.41) is 2.87. The minimum atomic E-state index is -0.311. The number of nitrogens with zero attached hydrogens (tertiary/aromatic N) is 1.